The molecule has 0 amide bonds. The average Bonchev–Trinajstić information content (AvgIpc) is 2.46. The Morgan fingerprint density at radius 2 is 1.81 bits per heavy atom. The van der Waals surface area contributed by atoms with Crippen molar-refractivity contribution in [3.63, 3.8) is 0 Å². The summed E-state index contributed by atoms with van der Waals surface area (Å²) in [6, 6.07) is 14.6. The van der Waals surface area contributed by atoms with Crippen LogP contribution in [0.5, 0.6) is 11.5 Å². The quantitative estimate of drug-likeness (QED) is 0.725. The van der Waals surface area contributed by atoms with Gasteiger partial charge in [0.25, 0.3) is 0 Å². The minimum absolute atomic E-state index is 0.548. The molecule has 0 aliphatic rings. The summed E-state index contributed by atoms with van der Waals surface area (Å²) < 4.78 is 5.72. The predicted octanol–water partition coefficient (Wildman–Crippen LogP) is 5.36. The summed E-state index contributed by atoms with van der Waals surface area (Å²) in [5, 5.41) is 11.0. The van der Waals surface area contributed by atoms with Crippen LogP contribution in [0.25, 0.3) is 0 Å². The van der Waals surface area contributed by atoms with E-state index in [-0.39, 0.29) is 0 Å². The van der Waals surface area contributed by atoms with Crippen LogP contribution in [0.4, 0.5) is 0 Å². The molecule has 2 aromatic carbocycles. The summed E-state index contributed by atoms with van der Waals surface area (Å²) in [4.78, 5) is 0. The highest BCUT2D eigenvalue weighted by Crippen LogP contribution is 2.29. The topological polar surface area (TPSA) is 29.5 Å². The molecule has 0 spiro atoms. The first-order valence-electron chi connectivity index (χ1n) is 6.83. The van der Waals surface area contributed by atoms with Crippen molar-refractivity contribution in [3.05, 3.63) is 59.1 Å². The number of hydrogen-bond donors (Lipinski definition) is 1. The van der Waals surface area contributed by atoms with E-state index in [2.05, 4.69) is 0 Å². The van der Waals surface area contributed by atoms with Crippen LogP contribution in [-0.2, 0) is 5.60 Å². The molecular weight excluding hydrogens is 307 g/mol. The lowest BCUT2D eigenvalue weighted by Crippen LogP contribution is -2.21. The van der Waals surface area contributed by atoms with Crippen molar-refractivity contribution in [2.24, 2.45) is 0 Å². The van der Waals surface area contributed by atoms with E-state index >= 15 is 0 Å². The van der Waals surface area contributed by atoms with Gasteiger partial charge in [-0.25, -0.2) is 0 Å². The van der Waals surface area contributed by atoms with Gasteiger partial charge >= 0.3 is 0 Å². The number of alkyl halides is 1. The van der Waals surface area contributed by atoms with Crippen molar-refractivity contribution in [1.29, 1.82) is 0 Å². The van der Waals surface area contributed by atoms with Gasteiger partial charge in [0, 0.05) is 10.9 Å². The van der Waals surface area contributed by atoms with Crippen LogP contribution in [0.15, 0.2) is 48.5 Å². The first-order chi connectivity index (χ1) is 10.0. The Kier molecular flexibility index (Phi) is 5.51. The van der Waals surface area contributed by atoms with Crippen molar-refractivity contribution in [1.82, 2.24) is 0 Å². The Labute approximate surface area is 135 Å². The summed E-state index contributed by atoms with van der Waals surface area (Å²) in [6.45, 7) is 1.80. The van der Waals surface area contributed by atoms with E-state index in [1.807, 2.05) is 36.4 Å². The normalized spacial score (nSPS) is 13.7. The molecule has 0 bridgehead atoms. The molecule has 0 heterocycles. The number of hydrogen-bond acceptors (Lipinski definition) is 2. The fraction of sp³-hybridized carbons (Fsp3) is 0.294. The number of aliphatic hydroxyl groups is 1. The molecule has 1 N–H and O–H groups in total. The van der Waals surface area contributed by atoms with Crippen LogP contribution in [0.3, 0.4) is 0 Å². The van der Waals surface area contributed by atoms with E-state index in [0.29, 0.717) is 28.8 Å². The molecule has 0 aromatic heterocycles. The smallest absolute Gasteiger partial charge is 0.128 e. The summed E-state index contributed by atoms with van der Waals surface area (Å²) in [7, 11) is 0. The van der Waals surface area contributed by atoms with E-state index in [0.717, 1.165) is 12.0 Å². The van der Waals surface area contributed by atoms with E-state index < -0.39 is 5.60 Å². The van der Waals surface area contributed by atoms with Gasteiger partial charge in [0.1, 0.15) is 11.5 Å². The summed E-state index contributed by atoms with van der Waals surface area (Å²) in [5.41, 5.74) is -0.0187. The zero-order valence-corrected chi connectivity index (χ0v) is 13.4. The molecule has 4 heteroatoms. The van der Waals surface area contributed by atoms with Gasteiger partial charge in [-0.1, -0.05) is 29.8 Å². The highest BCUT2D eigenvalue weighted by molar-refractivity contribution is 6.30. The van der Waals surface area contributed by atoms with E-state index in [1.54, 1.807) is 19.1 Å². The van der Waals surface area contributed by atoms with Crippen LogP contribution < -0.4 is 4.74 Å². The first-order valence-corrected chi connectivity index (χ1v) is 7.75. The molecule has 0 saturated heterocycles. The molecule has 1 unspecified atom stereocenters. The lowest BCUT2D eigenvalue weighted by Gasteiger charge is -2.23. The van der Waals surface area contributed by atoms with Gasteiger partial charge < -0.3 is 9.84 Å². The number of ether oxygens (including phenoxy) is 1. The highest BCUT2D eigenvalue weighted by atomic mass is 35.5. The Bertz CT molecular complexity index is 580. The third kappa shape index (κ3) is 4.63. The predicted molar refractivity (Wildman–Crippen MR) is 87.5 cm³/mol. The van der Waals surface area contributed by atoms with Crippen molar-refractivity contribution in [2.75, 3.05) is 5.88 Å². The van der Waals surface area contributed by atoms with Crippen LogP contribution in [0.2, 0.25) is 5.02 Å². The Morgan fingerprint density at radius 3 is 2.43 bits per heavy atom. The van der Waals surface area contributed by atoms with Crippen LogP contribution in [-0.4, -0.2) is 11.0 Å². The Hall–Kier alpha value is -1.22. The Morgan fingerprint density at radius 1 is 1.10 bits per heavy atom. The van der Waals surface area contributed by atoms with Crippen molar-refractivity contribution in [3.8, 4) is 11.5 Å². The lowest BCUT2D eigenvalue weighted by molar-refractivity contribution is 0.0471. The second-order valence-corrected chi connectivity index (χ2v) is 5.96. The van der Waals surface area contributed by atoms with Crippen molar-refractivity contribution in [2.45, 2.75) is 25.4 Å². The van der Waals surface area contributed by atoms with Gasteiger partial charge in [0.15, 0.2) is 0 Å². The van der Waals surface area contributed by atoms with E-state index in [9.17, 15) is 5.11 Å². The molecule has 0 fully saturated rings. The standard InChI is InChI=1S/C17H18Cl2O2/c1-17(20,10-3-11-18)13-6-8-15(9-7-13)21-16-5-2-4-14(19)12-16/h2,4-9,12,20H,3,10-11H2,1H3. The van der Waals surface area contributed by atoms with Gasteiger partial charge in [-0.3, -0.25) is 0 Å². The number of halogens is 2. The molecule has 0 aliphatic carbocycles. The maximum Gasteiger partial charge on any atom is 0.128 e. The maximum absolute atomic E-state index is 10.4. The lowest BCUT2D eigenvalue weighted by atomic mass is 9.91. The molecule has 2 nitrogen and oxygen atoms in total. The third-order valence-electron chi connectivity index (χ3n) is 3.31. The van der Waals surface area contributed by atoms with Gasteiger partial charge in [-0.2, -0.15) is 0 Å². The van der Waals surface area contributed by atoms with E-state index in [4.69, 9.17) is 27.9 Å². The minimum atomic E-state index is -0.872. The van der Waals surface area contributed by atoms with Gasteiger partial charge in [0.2, 0.25) is 0 Å². The molecule has 0 radical (unpaired) electrons. The summed E-state index contributed by atoms with van der Waals surface area (Å²) >= 11 is 11.6. The third-order valence-corrected chi connectivity index (χ3v) is 3.81. The van der Waals surface area contributed by atoms with Crippen molar-refractivity contribution < 1.29 is 9.84 Å². The zero-order chi connectivity index (χ0) is 15.3. The van der Waals surface area contributed by atoms with Gasteiger partial charge in [-0.15, -0.1) is 11.6 Å². The monoisotopic (exact) mass is 324 g/mol. The van der Waals surface area contributed by atoms with E-state index in [1.165, 1.54) is 0 Å². The zero-order valence-electron chi connectivity index (χ0n) is 11.9. The van der Waals surface area contributed by atoms with Crippen LogP contribution >= 0.6 is 23.2 Å². The SMILES string of the molecule is CC(O)(CCCCl)c1ccc(Oc2cccc(Cl)c2)cc1. The largest absolute Gasteiger partial charge is 0.457 e. The molecule has 0 saturated carbocycles. The van der Waals surface area contributed by atoms with Crippen LogP contribution in [0.1, 0.15) is 25.3 Å². The molecule has 2 aromatic rings. The fourth-order valence-corrected chi connectivity index (χ4v) is 2.42. The number of rotatable bonds is 6. The first kappa shape index (κ1) is 16.2. The molecule has 1 atom stereocenters. The summed E-state index contributed by atoms with van der Waals surface area (Å²) in [5.74, 6) is 1.94. The second kappa shape index (κ2) is 7.17. The van der Waals surface area contributed by atoms with Gasteiger partial charge in [0.05, 0.1) is 5.60 Å². The molecular formula is C17H18Cl2O2. The molecule has 112 valence electrons. The average molecular weight is 325 g/mol. The molecule has 21 heavy (non-hydrogen) atoms. The molecule has 2 rings (SSSR count). The van der Waals surface area contributed by atoms with Crippen LogP contribution in [0, 0.1) is 0 Å². The maximum atomic E-state index is 10.4. The Balaban J connectivity index is 2.08. The highest BCUT2D eigenvalue weighted by Gasteiger charge is 2.22. The van der Waals surface area contributed by atoms with Crippen molar-refractivity contribution >= 4 is 23.2 Å². The second-order valence-electron chi connectivity index (χ2n) is 5.15. The minimum Gasteiger partial charge on any atom is -0.457 e. The summed E-state index contributed by atoms with van der Waals surface area (Å²) in [6.07, 6.45) is 1.40. The molecule has 0 aliphatic heterocycles. The number of benzene rings is 2. The van der Waals surface area contributed by atoms with Gasteiger partial charge in [-0.05, 0) is 55.7 Å². The fourth-order valence-electron chi connectivity index (χ4n) is 2.10.